The van der Waals surface area contributed by atoms with Gasteiger partial charge in [-0.2, -0.15) is 0 Å². The topological polar surface area (TPSA) is 52.0 Å². The molecule has 0 heterocycles. The smallest absolute Gasteiger partial charge is 0.0816 e. The molecule has 0 aliphatic carbocycles. The molecule has 0 amide bonds. The molecule has 116 valence electrons. The van der Waals surface area contributed by atoms with Crippen LogP contribution in [0.15, 0.2) is 91.0 Å². The fourth-order valence-electron chi connectivity index (χ4n) is 2.83. The molecule has 0 saturated carbocycles. The fourth-order valence-corrected chi connectivity index (χ4v) is 5.58. The summed E-state index contributed by atoms with van der Waals surface area (Å²) >= 11 is 0. The molecule has 3 heteroatoms. The molecule has 3 aromatic rings. The first-order valence-electron chi connectivity index (χ1n) is 7.70. The van der Waals surface area contributed by atoms with Gasteiger partial charge in [-0.15, -0.1) is 0 Å². The summed E-state index contributed by atoms with van der Waals surface area (Å²) < 4.78 is 0. The second-order valence-electron chi connectivity index (χ2n) is 5.50. The van der Waals surface area contributed by atoms with Gasteiger partial charge in [0.1, 0.15) is 0 Å². The molecule has 0 spiro atoms. The predicted molar refractivity (Wildman–Crippen MR) is 100 cm³/mol. The van der Waals surface area contributed by atoms with Crippen molar-refractivity contribution < 1.29 is 0 Å². The molecular formula is C20H21N2P. The Labute approximate surface area is 138 Å². The average molecular weight is 320 g/mol. The monoisotopic (exact) mass is 320 g/mol. The highest BCUT2D eigenvalue weighted by Crippen LogP contribution is 2.50. The SMILES string of the molecule is NCC(N)(c1ccccc1)P(c1ccccc1)c1ccccc1. The van der Waals surface area contributed by atoms with Gasteiger partial charge in [-0.05, 0) is 24.1 Å². The van der Waals surface area contributed by atoms with Crippen LogP contribution in [0.4, 0.5) is 0 Å². The lowest BCUT2D eigenvalue weighted by atomic mass is 10.1. The molecule has 1 atom stereocenters. The van der Waals surface area contributed by atoms with Crippen molar-refractivity contribution in [2.24, 2.45) is 11.5 Å². The Morgan fingerprint density at radius 2 is 1.04 bits per heavy atom. The predicted octanol–water partition coefficient (Wildman–Crippen LogP) is 2.89. The van der Waals surface area contributed by atoms with Crippen molar-refractivity contribution in [1.29, 1.82) is 0 Å². The molecule has 1 unspecified atom stereocenters. The quantitative estimate of drug-likeness (QED) is 0.710. The van der Waals surface area contributed by atoms with E-state index < -0.39 is 13.2 Å². The van der Waals surface area contributed by atoms with Crippen molar-refractivity contribution in [3.8, 4) is 0 Å². The van der Waals surface area contributed by atoms with E-state index in [1.165, 1.54) is 10.6 Å². The lowest BCUT2D eigenvalue weighted by Gasteiger charge is -2.38. The highest BCUT2D eigenvalue weighted by molar-refractivity contribution is 7.74. The molecule has 2 nitrogen and oxygen atoms in total. The molecule has 0 radical (unpaired) electrons. The van der Waals surface area contributed by atoms with Crippen LogP contribution in [0.5, 0.6) is 0 Å². The van der Waals surface area contributed by atoms with E-state index in [2.05, 4.69) is 60.7 Å². The molecule has 0 saturated heterocycles. The Kier molecular flexibility index (Phi) is 4.88. The second-order valence-corrected chi connectivity index (χ2v) is 8.00. The normalized spacial score (nSPS) is 13.7. The van der Waals surface area contributed by atoms with E-state index in [0.717, 1.165) is 5.56 Å². The molecule has 23 heavy (non-hydrogen) atoms. The van der Waals surface area contributed by atoms with E-state index in [4.69, 9.17) is 11.5 Å². The third kappa shape index (κ3) is 3.20. The van der Waals surface area contributed by atoms with Gasteiger partial charge < -0.3 is 11.5 Å². The summed E-state index contributed by atoms with van der Waals surface area (Å²) in [5, 5.41) is 1.88. The van der Waals surface area contributed by atoms with Crippen molar-refractivity contribution >= 4 is 18.5 Å². The summed E-state index contributed by atoms with van der Waals surface area (Å²) in [6.07, 6.45) is 0. The maximum absolute atomic E-state index is 6.93. The van der Waals surface area contributed by atoms with Crippen LogP contribution in [0, 0.1) is 0 Å². The number of hydrogen-bond acceptors (Lipinski definition) is 2. The minimum absolute atomic E-state index is 0.395. The van der Waals surface area contributed by atoms with E-state index in [0.29, 0.717) is 6.54 Å². The summed E-state index contributed by atoms with van der Waals surface area (Å²) in [4.78, 5) is 0. The number of benzene rings is 3. The van der Waals surface area contributed by atoms with E-state index in [1.54, 1.807) is 0 Å². The molecule has 3 rings (SSSR count). The van der Waals surface area contributed by atoms with Gasteiger partial charge in [-0.1, -0.05) is 91.0 Å². The Morgan fingerprint density at radius 1 is 0.652 bits per heavy atom. The number of rotatable bonds is 5. The van der Waals surface area contributed by atoms with Crippen LogP contribution in [0.2, 0.25) is 0 Å². The zero-order valence-corrected chi connectivity index (χ0v) is 13.9. The van der Waals surface area contributed by atoms with Crippen molar-refractivity contribution in [2.45, 2.75) is 5.28 Å². The molecular weight excluding hydrogens is 299 g/mol. The second kappa shape index (κ2) is 7.06. The van der Waals surface area contributed by atoms with E-state index in [9.17, 15) is 0 Å². The maximum atomic E-state index is 6.93. The van der Waals surface area contributed by atoms with Gasteiger partial charge in [0.25, 0.3) is 0 Å². The molecule has 0 aliphatic heterocycles. The van der Waals surface area contributed by atoms with Gasteiger partial charge in [0.2, 0.25) is 0 Å². The molecule has 0 fully saturated rings. The largest absolute Gasteiger partial charge is 0.328 e. The fraction of sp³-hybridized carbons (Fsp3) is 0.100. The van der Waals surface area contributed by atoms with Crippen molar-refractivity contribution in [2.75, 3.05) is 6.54 Å². The first-order valence-corrected chi connectivity index (χ1v) is 9.04. The standard InChI is InChI=1S/C20H21N2P/c21-16-20(22,17-10-4-1-5-11-17)23(18-12-6-2-7-13-18)19-14-8-3-9-15-19/h1-15H,16,21-22H2. The summed E-state index contributed by atoms with van der Waals surface area (Å²) in [6, 6.07) is 31.1. The van der Waals surface area contributed by atoms with Gasteiger partial charge in [-0.25, -0.2) is 0 Å². The van der Waals surface area contributed by atoms with Crippen LogP contribution in [0.3, 0.4) is 0 Å². The van der Waals surface area contributed by atoms with Crippen LogP contribution in [0.1, 0.15) is 5.56 Å². The van der Waals surface area contributed by atoms with Crippen molar-refractivity contribution in [3.63, 3.8) is 0 Å². The lowest BCUT2D eigenvalue weighted by Crippen LogP contribution is -2.46. The molecule has 0 bridgehead atoms. The van der Waals surface area contributed by atoms with Gasteiger partial charge in [0.15, 0.2) is 0 Å². The molecule has 0 aromatic heterocycles. The van der Waals surface area contributed by atoms with Crippen molar-refractivity contribution in [1.82, 2.24) is 0 Å². The summed E-state index contributed by atoms with van der Waals surface area (Å²) in [5.74, 6) is 0. The van der Waals surface area contributed by atoms with E-state index in [1.807, 2.05) is 30.3 Å². The molecule has 0 aliphatic rings. The molecule has 4 N–H and O–H groups in total. The van der Waals surface area contributed by atoms with Gasteiger partial charge in [0, 0.05) is 6.54 Å². The zero-order chi connectivity index (χ0) is 16.1. The Hall–Kier alpha value is -1.99. The maximum Gasteiger partial charge on any atom is 0.0816 e. The third-order valence-electron chi connectivity index (χ3n) is 4.01. The Bertz CT molecular complexity index is 692. The number of nitrogens with two attached hydrogens (primary N) is 2. The van der Waals surface area contributed by atoms with Gasteiger partial charge in [0.05, 0.1) is 5.28 Å². The van der Waals surface area contributed by atoms with Crippen LogP contribution >= 0.6 is 7.92 Å². The number of hydrogen-bond donors (Lipinski definition) is 2. The van der Waals surface area contributed by atoms with Crippen LogP contribution < -0.4 is 22.1 Å². The lowest BCUT2D eigenvalue weighted by molar-refractivity contribution is 0.659. The minimum atomic E-state index is -0.820. The highest BCUT2D eigenvalue weighted by Gasteiger charge is 2.37. The van der Waals surface area contributed by atoms with Gasteiger partial charge >= 0.3 is 0 Å². The van der Waals surface area contributed by atoms with Crippen LogP contribution in [-0.2, 0) is 5.28 Å². The average Bonchev–Trinajstić information content (AvgIpc) is 2.64. The summed E-state index contributed by atoms with van der Waals surface area (Å²) in [6.45, 7) is 0.395. The first-order chi connectivity index (χ1) is 11.3. The van der Waals surface area contributed by atoms with Gasteiger partial charge in [-0.3, -0.25) is 0 Å². The third-order valence-corrected chi connectivity index (χ3v) is 6.88. The van der Waals surface area contributed by atoms with Crippen molar-refractivity contribution in [3.05, 3.63) is 96.6 Å². The van der Waals surface area contributed by atoms with E-state index in [-0.39, 0.29) is 0 Å². The zero-order valence-electron chi connectivity index (χ0n) is 13.0. The summed E-state index contributed by atoms with van der Waals surface area (Å²) in [7, 11) is -0.820. The van der Waals surface area contributed by atoms with Crippen LogP contribution in [0.25, 0.3) is 0 Å². The molecule has 3 aromatic carbocycles. The minimum Gasteiger partial charge on any atom is -0.328 e. The van der Waals surface area contributed by atoms with Crippen LogP contribution in [-0.4, -0.2) is 6.54 Å². The Balaban J connectivity index is 2.18. The first kappa shape index (κ1) is 15.9. The van der Waals surface area contributed by atoms with E-state index >= 15 is 0 Å². The Morgan fingerprint density at radius 3 is 1.43 bits per heavy atom. The summed E-state index contributed by atoms with van der Waals surface area (Å²) in [5.41, 5.74) is 14.2. The highest BCUT2D eigenvalue weighted by atomic mass is 31.1.